The van der Waals surface area contributed by atoms with Crippen LogP contribution in [0.3, 0.4) is 0 Å². The van der Waals surface area contributed by atoms with Crippen LogP contribution in [-0.4, -0.2) is 18.6 Å². The highest BCUT2D eigenvalue weighted by Crippen LogP contribution is 2.56. The van der Waals surface area contributed by atoms with Crippen molar-refractivity contribution in [3.8, 4) is 22.6 Å². The Balaban J connectivity index is 0.00000176. The predicted octanol–water partition coefficient (Wildman–Crippen LogP) is 4.73. The van der Waals surface area contributed by atoms with Crippen LogP contribution >= 0.6 is 21.4 Å². The summed E-state index contributed by atoms with van der Waals surface area (Å²) < 4.78 is 11.5. The van der Waals surface area contributed by atoms with Crippen molar-refractivity contribution < 1.29 is 9.47 Å². The fraction of sp³-hybridized carbons (Fsp3) is 0.333. The summed E-state index contributed by atoms with van der Waals surface area (Å²) in [7, 11) is 1.39. The van der Waals surface area contributed by atoms with Gasteiger partial charge in [0.15, 0.2) is 0 Å². The molecule has 1 aliphatic heterocycles. The van der Waals surface area contributed by atoms with E-state index in [2.05, 4.69) is 51.1 Å². The molecule has 22 heavy (non-hydrogen) atoms. The van der Waals surface area contributed by atoms with Gasteiger partial charge in [-0.3, -0.25) is 0 Å². The van der Waals surface area contributed by atoms with Gasteiger partial charge in [0.1, 0.15) is 17.8 Å². The maximum absolute atomic E-state index is 5.96. The largest absolute Gasteiger partial charge is 0.496 e. The first-order valence-electron chi connectivity index (χ1n) is 7.19. The Morgan fingerprint density at radius 3 is 2.36 bits per heavy atom. The molecule has 1 aliphatic rings. The van der Waals surface area contributed by atoms with Gasteiger partial charge in [-0.2, -0.15) is 13.5 Å². The molecule has 0 radical (unpaired) electrons. The quantitative estimate of drug-likeness (QED) is 0.739. The Kier molecular flexibility index (Phi) is 5.09. The lowest BCUT2D eigenvalue weighted by molar-refractivity contribution is 0.400. The lowest BCUT2D eigenvalue weighted by Crippen LogP contribution is -2.19. The van der Waals surface area contributed by atoms with Crippen molar-refractivity contribution >= 4 is 26.7 Å². The van der Waals surface area contributed by atoms with Crippen LogP contribution in [0, 0.1) is 0 Å². The van der Waals surface area contributed by atoms with Crippen molar-refractivity contribution in [2.45, 2.75) is 25.9 Å². The molecular formula is C18H23O2PS. The Bertz CT molecular complexity index is 664. The maximum Gasteiger partial charge on any atom is 0.128 e. The molecule has 0 unspecified atom stereocenters. The molecule has 0 saturated carbocycles. The van der Waals surface area contributed by atoms with Crippen LogP contribution in [0.4, 0.5) is 0 Å². The lowest BCUT2D eigenvalue weighted by Gasteiger charge is -2.27. The molecule has 2 nitrogen and oxygen atoms in total. The Hall–Kier alpha value is -1.18. The highest BCUT2D eigenvalue weighted by molar-refractivity contribution is 7.67. The van der Waals surface area contributed by atoms with Gasteiger partial charge in [-0.05, 0) is 30.8 Å². The van der Waals surface area contributed by atoms with Gasteiger partial charge in [0.2, 0.25) is 0 Å². The van der Waals surface area contributed by atoms with Crippen LogP contribution in [0.15, 0.2) is 42.5 Å². The molecule has 0 spiro atoms. The molecule has 2 aromatic carbocycles. The number of rotatable bonds is 2. The number of methoxy groups -OCH3 is 1. The summed E-state index contributed by atoms with van der Waals surface area (Å²) in [4.78, 5) is 0. The Labute approximate surface area is 141 Å². The van der Waals surface area contributed by atoms with E-state index in [0.717, 1.165) is 23.4 Å². The number of ether oxygens (including phenoxy) is 2. The first kappa shape index (κ1) is 17.2. The van der Waals surface area contributed by atoms with Gasteiger partial charge in [-0.15, -0.1) is 0 Å². The maximum atomic E-state index is 5.96. The molecule has 0 amide bonds. The number of benzene rings is 2. The molecule has 0 saturated heterocycles. The molecule has 1 atom stereocenters. The second kappa shape index (κ2) is 6.52. The second-order valence-electron chi connectivity index (χ2n) is 6.22. The Morgan fingerprint density at radius 2 is 1.68 bits per heavy atom. The van der Waals surface area contributed by atoms with Crippen LogP contribution < -0.4 is 14.8 Å². The first-order valence-corrected chi connectivity index (χ1v) is 8.72. The van der Waals surface area contributed by atoms with E-state index in [1.807, 2.05) is 12.1 Å². The standard InChI is InChI=1S/C18H21O2P.H2S/c1-18(2,3)21-12-20-16-11-7-9-14(17(16)21)13-8-5-6-10-15(13)19-4;/h5-11H,12H2,1-4H3;1H2/t21-;/m0./s1. The highest BCUT2D eigenvalue weighted by atomic mass is 32.1. The fourth-order valence-electron chi connectivity index (χ4n) is 2.73. The summed E-state index contributed by atoms with van der Waals surface area (Å²) in [5.74, 6) is 1.96. The summed E-state index contributed by atoms with van der Waals surface area (Å²) >= 11 is 0. The van der Waals surface area contributed by atoms with E-state index >= 15 is 0 Å². The molecule has 1 heterocycles. The SMILES string of the molecule is COc1ccccc1-c1cccc2c1[P@@](C(C)(C)C)CO2.S. The molecule has 0 bridgehead atoms. The zero-order valence-corrected chi connectivity index (χ0v) is 15.4. The van der Waals surface area contributed by atoms with Crippen molar-refractivity contribution in [1.82, 2.24) is 0 Å². The molecule has 3 rings (SSSR count). The summed E-state index contributed by atoms with van der Waals surface area (Å²) in [5, 5.41) is 1.61. The first-order chi connectivity index (χ1) is 10.0. The smallest absolute Gasteiger partial charge is 0.128 e. The van der Waals surface area contributed by atoms with Crippen LogP contribution in [0.2, 0.25) is 0 Å². The van der Waals surface area contributed by atoms with E-state index in [1.54, 1.807) is 7.11 Å². The normalized spacial score (nSPS) is 16.5. The summed E-state index contributed by atoms with van der Waals surface area (Å²) in [6.45, 7) is 6.91. The van der Waals surface area contributed by atoms with E-state index in [-0.39, 0.29) is 26.6 Å². The number of hydrogen-bond acceptors (Lipinski definition) is 2. The van der Waals surface area contributed by atoms with Crippen molar-refractivity contribution in [2.75, 3.05) is 13.5 Å². The van der Waals surface area contributed by atoms with Crippen molar-refractivity contribution in [3.63, 3.8) is 0 Å². The third kappa shape index (κ3) is 2.98. The number of hydrogen-bond donors (Lipinski definition) is 0. The van der Waals surface area contributed by atoms with E-state index in [9.17, 15) is 0 Å². The number of para-hydroxylation sites is 1. The average molecular weight is 334 g/mol. The topological polar surface area (TPSA) is 18.5 Å². The number of fused-ring (bicyclic) bond motifs is 1. The molecule has 2 aromatic rings. The van der Waals surface area contributed by atoms with E-state index in [0.29, 0.717) is 0 Å². The van der Waals surface area contributed by atoms with Gasteiger partial charge >= 0.3 is 0 Å². The van der Waals surface area contributed by atoms with Gasteiger partial charge < -0.3 is 9.47 Å². The van der Waals surface area contributed by atoms with Crippen LogP contribution in [0.25, 0.3) is 11.1 Å². The summed E-state index contributed by atoms with van der Waals surface area (Å²) in [6.07, 6.45) is 0.820. The highest BCUT2D eigenvalue weighted by Gasteiger charge is 2.35. The molecule has 0 N–H and O–H groups in total. The molecule has 118 valence electrons. The van der Waals surface area contributed by atoms with Gasteiger partial charge in [0, 0.05) is 10.9 Å². The molecule has 0 aliphatic carbocycles. The molecule has 0 aromatic heterocycles. The minimum absolute atomic E-state index is 0. The van der Waals surface area contributed by atoms with Crippen LogP contribution in [-0.2, 0) is 0 Å². The molecule has 4 heteroatoms. The second-order valence-corrected chi connectivity index (χ2v) is 9.13. The van der Waals surface area contributed by atoms with Crippen molar-refractivity contribution in [1.29, 1.82) is 0 Å². The Morgan fingerprint density at radius 1 is 1.00 bits per heavy atom. The minimum Gasteiger partial charge on any atom is -0.496 e. The van der Waals surface area contributed by atoms with Crippen LogP contribution in [0.1, 0.15) is 20.8 Å². The molecule has 0 fully saturated rings. The lowest BCUT2D eigenvalue weighted by atomic mass is 10.0. The van der Waals surface area contributed by atoms with Gasteiger partial charge in [0.25, 0.3) is 0 Å². The van der Waals surface area contributed by atoms with Crippen LogP contribution in [0.5, 0.6) is 11.5 Å². The third-order valence-corrected chi connectivity index (χ3v) is 6.83. The fourth-order valence-corrected chi connectivity index (χ4v) is 5.08. The average Bonchev–Trinajstić information content (AvgIpc) is 2.91. The van der Waals surface area contributed by atoms with Gasteiger partial charge in [-0.25, -0.2) is 0 Å². The summed E-state index contributed by atoms with van der Waals surface area (Å²) in [6, 6.07) is 14.6. The van der Waals surface area contributed by atoms with Crippen molar-refractivity contribution in [3.05, 3.63) is 42.5 Å². The molecular weight excluding hydrogens is 311 g/mol. The van der Waals surface area contributed by atoms with E-state index in [1.165, 1.54) is 10.9 Å². The predicted molar refractivity (Wildman–Crippen MR) is 101 cm³/mol. The van der Waals surface area contributed by atoms with Gasteiger partial charge in [0.05, 0.1) is 7.11 Å². The zero-order chi connectivity index (χ0) is 15.0. The summed E-state index contributed by atoms with van der Waals surface area (Å²) in [5.41, 5.74) is 2.41. The van der Waals surface area contributed by atoms with E-state index in [4.69, 9.17) is 9.47 Å². The minimum atomic E-state index is -0.342. The van der Waals surface area contributed by atoms with E-state index < -0.39 is 0 Å². The van der Waals surface area contributed by atoms with Gasteiger partial charge in [-0.1, -0.05) is 51.1 Å². The monoisotopic (exact) mass is 334 g/mol. The van der Waals surface area contributed by atoms with Crippen molar-refractivity contribution in [2.24, 2.45) is 0 Å². The zero-order valence-electron chi connectivity index (χ0n) is 13.5. The third-order valence-electron chi connectivity index (χ3n) is 3.82.